The van der Waals surface area contributed by atoms with Crippen molar-refractivity contribution in [1.82, 2.24) is 0 Å². The number of fused-ring (bicyclic) bond motifs is 2. The van der Waals surface area contributed by atoms with Crippen LogP contribution in [0.2, 0.25) is 0 Å². The summed E-state index contributed by atoms with van der Waals surface area (Å²) in [7, 11) is -4.86. The minimum atomic E-state index is -4.86. The molecule has 7 heteroatoms. The van der Waals surface area contributed by atoms with Gasteiger partial charge in [0.25, 0.3) is 0 Å². The Hall–Kier alpha value is -1.31. The minimum absolute atomic E-state index is 0. The summed E-state index contributed by atoms with van der Waals surface area (Å²) in [5.41, 5.74) is 0. The largest absolute Gasteiger partial charge is 1.00 e. The predicted octanol–water partition coefficient (Wildman–Crippen LogP) is -0.688. The van der Waals surface area contributed by atoms with Crippen molar-refractivity contribution in [3.05, 3.63) is 42.5 Å². The van der Waals surface area contributed by atoms with E-state index in [0.29, 0.717) is 0 Å². The molecule has 21 heavy (non-hydrogen) atoms. The number of hydrogen-bond donors (Lipinski definition) is 2. The van der Waals surface area contributed by atoms with Gasteiger partial charge in [0.15, 0.2) is 0 Å². The molecule has 0 amide bonds. The third-order valence-corrected chi connectivity index (χ3v) is 4.04. The number of rotatable bonds is 1. The van der Waals surface area contributed by atoms with Crippen LogP contribution < -0.4 is 29.6 Å². The first kappa shape index (κ1) is 16.1. The molecule has 3 rings (SSSR count). The van der Waals surface area contributed by atoms with E-state index in [1.807, 2.05) is 12.1 Å². The zero-order valence-corrected chi connectivity index (χ0v) is 13.9. The number of hydrogen-bond acceptors (Lipinski definition) is 5. The van der Waals surface area contributed by atoms with Gasteiger partial charge in [-0.25, -0.2) is 8.42 Å². The van der Waals surface area contributed by atoms with Crippen molar-refractivity contribution in [2.75, 3.05) is 0 Å². The molecule has 3 aromatic carbocycles. The molecule has 0 aliphatic carbocycles. The molecule has 0 heterocycles. The molecule has 0 radical (unpaired) electrons. The van der Waals surface area contributed by atoms with Gasteiger partial charge >= 0.3 is 29.6 Å². The van der Waals surface area contributed by atoms with Gasteiger partial charge in [0, 0.05) is 16.8 Å². The minimum Gasteiger partial charge on any atom is -0.744 e. The average Bonchev–Trinajstić information content (AvgIpc) is 2.40. The van der Waals surface area contributed by atoms with Crippen molar-refractivity contribution in [2.24, 2.45) is 0 Å². The van der Waals surface area contributed by atoms with Crippen LogP contribution in [0.3, 0.4) is 0 Å². The summed E-state index contributed by atoms with van der Waals surface area (Å²) in [6.45, 7) is 0. The first-order chi connectivity index (χ1) is 9.38. The molecule has 3 aromatic rings. The van der Waals surface area contributed by atoms with Crippen LogP contribution in [0, 0.1) is 0 Å². The Morgan fingerprint density at radius 3 is 1.95 bits per heavy atom. The molecule has 0 unspecified atom stereocenters. The fourth-order valence-electron chi connectivity index (χ4n) is 2.24. The van der Waals surface area contributed by atoms with E-state index in [1.165, 1.54) is 6.07 Å². The summed E-state index contributed by atoms with van der Waals surface area (Å²) < 4.78 is 33.3. The molecule has 0 saturated heterocycles. The van der Waals surface area contributed by atoms with E-state index < -0.39 is 20.8 Å². The fraction of sp³-hybridized carbons (Fsp3) is 0. The van der Waals surface area contributed by atoms with E-state index in [4.69, 9.17) is 0 Å². The van der Waals surface area contributed by atoms with E-state index >= 15 is 0 Å². The van der Waals surface area contributed by atoms with Crippen molar-refractivity contribution in [3.63, 3.8) is 0 Å². The molecule has 102 valence electrons. The molecule has 0 aliphatic rings. The normalized spacial score (nSPS) is 11.5. The quantitative estimate of drug-likeness (QED) is 0.268. The van der Waals surface area contributed by atoms with Gasteiger partial charge < -0.3 is 14.8 Å². The van der Waals surface area contributed by atoms with Crippen molar-refractivity contribution in [1.29, 1.82) is 0 Å². The van der Waals surface area contributed by atoms with Crippen molar-refractivity contribution in [3.8, 4) is 11.5 Å². The first-order valence-electron chi connectivity index (χ1n) is 5.71. The Labute approximate surface area is 142 Å². The van der Waals surface area contributed by atoms with E-state index in [2.05, 4.69) is 0 Å². The zero-order chi connectivity index (χ0) is 14.5. The van der Waals surface area contributed by atoms with Crippen LogP contribution in [0.5, 0.6) is 11.5 Å². The van der Waals surface area contributed by atoms with Crippen LogP contribution in [0.15, 0.2) is 47.4 Å². The molecule has 0 fully saturated rings. The summed E-state index contributed by atoms with van der Waals surface area (Å²) in [5.74, 6) is -1.00. The van der Waals surface area contributed by atoms with Gasteiger partial charge in [-0.1, -0.05) is 24.3 Å². The second-order valence-corrected chi connectivity index (χ2v) is 5.79. The number of phenols is 2. The van der Waals surface area contributed by atoms with Crippen LogP contribution in [0.25, 0.3) is 21.5 Å². The summed E-state index contributed by atoms with van der Waals surface area (Å²) >= 11 is 0. The van der Waals surface area contributed by atoms with Crippen LogP contribution in [0.4, 0.5) is 0 Å². The maximum Gasteiger partial charge on any atom is 1.00 e. The molecular formula is C14H9NaO5S. The third kappa shape index (κ3) is 2.73. The van der Waals surface area contributed by atoms with Gasteiger partial charge in [-0.05, 0) is 22.9 Å². The SMILES string of the molecule is O=S(=O)([O-])c1cc(O)c2cc3ccccc3cc2c1O.[Na+]. The summed E-state index contributed by atoms with van der Waals surface area (Å²) in [4.78, 5) is -0.821. The number of phenolic OH excluding ortho intramolecular Hbond substituents is 2. The van der Waals surface area contributed by atoms with Crippen molar-refractivity contribution in [2.45, 2.75) is 4.90 Å². The van der Waals surface area contributed by atoms with Gasteiger partial charge in [-0.2, -0.15) is 0 Å². The third-order valence-electron chi connectivity index (χ3n) is 3.19. The monoisotopic (exact) mass is 312 g/mol. The second-order valence-electron chi connectivity index (χ2n) is 4.44. The molecule has 0 atom stereocenters. The van der Waals surface area contributed by atoms with Crippen LogP contribution in [-0.4, -0.2) is 23.2 Å². The number of benzene rings is 3. The molecule has 0 aliphatic heterocycles. The molecule has 0 aromatic heterocycles. The smallest absolute Gasteiger partial charge is 0.744 e. The van der Waals surface area contributed by atoms with E-state index in [0.717, 1.165) is 16.8 Å². The maximum atomic E-state index is 11.1. The standard InChI is InChI=1S/C14H10O5S.Na/c15-12-7-13(20(17,18)19)14(16)11-6-9-4-2-1-3-8(9)5-10(11)12;/h1-7,15-16H,(H,17,18,19);/q;+1/p-1. The van der Waals surface area contributed by atoms with Gasteiger partial charge in [0.2, 0.25) is 0 Å². The van der Waals surface area contributed by atoms with Crippen LogP contribution in [-0.2, 0) is 10.1 Å². The Morgan fingerprint density at radius 2 is 1.43 bits per heavy atom. The second kappa shape index (κ2) is 5.47. The Bertz CT molecular complexity index is 950. The zero-order valence-electron chi connectivity index (χ0n) is 11.1. The van der Waals surface area contributed by atoms with Crippen LogP contribution in [0.1, 0.15) is 0 Å². The van der Waals surface area contributed by atoms with Crippen LogP contribution >= 0.6 is 0 Å². The Kier molecular flexibility index (Phi) is 4.19. The molecule has 0 saturated carbocycles. The first-order valence-corrected chi connectivity index (χ1v) is 7.12. The summed E-state index contributed by atoms with van der Waals surface area (Å²) in [6.07, 6.45) is 0. The predicted molar refractivity (Wildman–Crippen MR) is 72.7 cm³/mol. The van der Waals surface area contributed by atoms with Gasteiger partial charge in [-0.15, -0.1) is 0 Å². The van der Waals surface area contributed by atoms with Crippen molar-refractivity contribution < 1.29 is 52.7 Å². The van der Waals surface area contributed by atoms with E-state index in [1.54, 1.807) is 18.2 Å². The molecule has 2 N–H and O–H groups in total. The topological polar surface area (TPSA) is 97.7 Å². The fourth-order valence-corrected chi connectivity index (χ4v) is 2.84. The maximum absolute atomic E-state index is 11.1. The summed E-state index contributed by atoms with van der Waals surface area (Å²) in [5, 5.41) is 21.9. The average molecular weight is 312 g/mol. The Balaban J connectivity index is 0.00000161. The van der Waals surface area contributed by atoms with Crippen molar-refractivity contribution >= 4 is 31.7 Å². The summed E-state index contributed by atoms with van der Waals surface area (Å²) in [6, 6.07) is 11.2. The van der Waals surface area contributed by atoms with Gasteiger partial charge in [0.1, 0.15) is 26.5 Å². The number of aromatic hydroxyl groups is 2. The Morgan fingerprint density at radius 1 is 0.905 bits per heavy atom. The van der Waals surface area contributed by atoms with E-state index in [-0.39, 0.29) is 46.1 Å². The van der Waals surface area contributed by atoms with E-state index in [9.17, 15) is 23.2 Å². The molecular weight excluding hydrogens is 303 g/mol. The molecule has 5 nitrogen and oxygen atoms in total. The molecule has 0 spiro atoms. The molecule has 0 bridgehead atoms. The van der Waals surface area contributed by atoms with Gasteiger partial charge in [0.05, 0.1) is 0 Å². The van der Waals surface area contributed by atoms with Gasteiger partial charge in [-0.3, -0.25) is 0 Å².